The molecular formula is C18H16ClN3O. The van der Waals surface area contributed by atoms with E-state index in [0.29, 0.717) is 17.3 Å². The minimum atomic E-state index is -0.503. The second-order valence-corrected chi connectivity index (χ2v) is 5.38. The molecule has 0 fully saturated rings. The van der Waals surface area contributed by atoms with Crippen molar-refractivity contribution in [1.29, 1.82) is 5.26 Å². The number of amides is 1. The molecule has 116 valence electrons. The van der Waals surface area contributed by atoms with E-state index in [1.165, 1.54) is 11.8 Å². The molecule has 0 aliphatic carbocycles. The third-order valence-corrected chi connectivity index (χ3v) is 3.49. The minimum absolute atomic E-state index is 0.0166. The first-order valence-corrected chi connectivity index (χ1v) is 7.43. The number of aryl methyl sites for hydroxylation is 1. The van der Waals surface area contributed by atoms with Crippen molar-refractivity contribution in [2.75, 3.05) is 5.32 Å². The fraction of sp³-hybridized carbons (Fsp3) is 0.111. The number of benzene rings is 2. The first kappa shape index (κ1) is 16.6. The highest BCUT2D eigenvalue weighted by atomic mass is 35.5. The number of hydrogen-bond acceptors (Lipinski definition) is 3. The number of hydrogen-bond donors (Lipinski definition) is 2. The second-order valence-electron chi connectivity index (χ2n) is 4.97. The van der Waals surface area contributed by atoms with E-state index in [0.717, 1.165) is 5.56 Å². The molecule has 1 amide bonds. The maximum absolute atomic E-state index is 12.1. The molecule has 2 aromatic rings. The molecule has 2 rings (SSSR count). The topological polar surface area (TPSA) is 64.9 Å². The summed E-state index contributed by atoms with van der Waals surface area (Å²) in [5, 5.41) is 15.1. The number of nitriles is 1. The van der Waals surface area contributed by atoms with E-state index in [-0.39, 0.29) is 5.57 Å². The van der Waals surface area contributed by atoms with Crippen molar-refractivity contribution in [2.24, 2.45) is 0 Å². The summed E-state index contributed by atoms with van der Waals surface area (Å²) in [6, 6.07) is 16.8. The molecule has 23 heavy (non-hydrogen) atoms. The highest BCUT2D eigenvalue weighted by Crippen LogP contribution is 2.20. The summed E-state index contributed by atoms with van der Waals surface area (Å²) in [4.78, 5) is 12.1. The van der Waals surface area contributed by atoms with Gasteiger partial charge in [-0.25, -0.2) is 0 Å². The minimum Gasteiger partial charge on any atom is -0.386 e. The standard InChI is InChI=1S/C18H16ClN3O/c1-13-6-8-14(9-7-13)11-21-12-15(10-20)18(23)22-17-5-3-2-4-16(17)19/h2-9,12,21H,11H2,1H3,(H,22,23)/b15-12-. The lowest BCUT2D eigenvalue weighted by molar-refractivity contribution is -0.112. The van der Waals surface area contributed by atoms with Crippen LogP contribution in [0.2, 0.25) is 5.02 Å². The van der Waals surface area contributed by atoms with Gasteiger partial charge in [0.1, 0.15) is 11.6 Å². The van der Waals surface area contributed by atoms with Gasteiger partial charge in [0.2, 0.25) is 0 Å². The average Bonchev–Trinajstić information content (AvgIpc) is 2.55. The summed E-state index contributed by atoms with van der Waals surface area (Å²) in [6.07, 6.45) is 1.41. The Morgan fingerprint density at radius 1 is 1.22 bits per heavy atom. The van der Waals surface area contributed by atoms with E-state index in [4.69, 9.17) is 16.9 Å². The molecule has 0 aromatic heterocycles. The van der Waals surface area contributed by atoms with Gasteiger partial charge in [-0.1, -0.05) is 53.6 Å². The van der Waals surface area contributed by atoms with Gasteiger partial charge in [0.05, 0.1) is 10.7 Å². The highest BCUT2D eigenvalue weighted by Gasteiger charge is 2.10. The van der Waals surface area contributed by atoms with E-state index in [1.807, 2.05) is 37.3 Å². The highest BCUT2D eigenvalue weighted by molar-refractivity contribution is 6.33. The summed E-state index contributed by atoms with van der Waals surface area (Å²) in [5.41, 5.74) is 2.70. The zero-order chi connectivity index (χ0) is 16.7. The number of nitrogens with zero attached hydrogens (tertiary/aromatic N) is 1. The van der Waals surface area contributed by atoms with Crippen LogP contribution in [0, 0.1) is 18.3 Å². The van der Waals surface area contributed by atoms with Gasteiger partial charge in [-0.15, -0.1) is 0 Å². The SMILES string of the molecule is Cc1ccc(CN/C=C(/C#N)C(=O)Nc2ccccc2Cl)cc1. The van der Waals surface area contributed by atoms with Crippen LogP contribution in [0.15, 0.2) is 60.3 Å². The van der Waals surface area contributed by atoms with Crippen molar-refractivity contribution in [3.63, 3.8) is 0 Å². The lowest BCUT2D eigenvalue weighted by Crippen LogP contribution is -2.16. The van der Waals surface area contributed by atoms with Gasteiger partial charge >= 0.3 is 0 Å². The van der Waals surface area contributed by atoms with Crippen LogP contribution < -0.4 is 10.6 Å². The Morgan fingerprint density at radius 2 is 1.91 bits per heavy atom. The summed E-state index contributed by atoms with van der Waals surface area (Å²) in [6.45, 7) is 2.55. The Bertz CT molecular complexity index is 761. The summed E-state index contributed by atoms with van der Waals surface area (Å²) in [5.74, 6) is -0.503. The van der Waals surface area contributed by atoms with Gasteiger partial charge in [-0.2, -0.15) is 5.26 Å². The molecule has 2 N–H and O–H groups in total. The van der Waals surface area contributed by atoms with Crippen LogP contribution in [-0.4, -0.2) is 5.91 Å². The first-order chi connectivity index (χ1) is 11.1. The Kier molecular flexibility index (Phi) is 5.79. The monoisotopic (exact) mass is 325 g/mol. The molecule has 4 nitrogen and oxygen atoms in total. The fourth-order valence-electron chi connectivity index (χ4n) is 1.88. The van der Waals surface area contributed by atoms with Crippen molar-refractivity contribution in [3.8, 4) is 6.07 Å². The third kappa shape index (κ3) is 4.87. The number of para-hydroxylation sites is 1. The van der Waals surface area contributed by atoms with E-state index in [9.17, 15) is 4.79 Å². The van der Waals surface area contributed by atoms with Gasteiger partial charge < -0.3 is 10.6 Å². The van der Waals surface area contributed by atoms with Crippen molar-refractivity contribution < 1.29 is 4.79 Å². The molecule has 0 heterocycles. The molecule has 0 saturated carbocycles. The number of carbonyl (C=O) groups is 1. The molecule has 2 aromatic carbocycles. The first-order valence-electron chi connectivity index (χ1n) is 7.05. The zero-order valence-corrected chi connectivity index (χ0v) is 13.4. The normalized spacial score (nSPS) is 10.7. The molecule has 0 unspecified atom stereocenters. The van der Waals surface area contributed by atoms with Crippen LogP contribution in [0.4, 0.5) is 5.69 Å². The fourth-order valence-corrected chi connectivity index (χ4v) is 2.06. The predicted octanol–water partition coefficient (Wildman–Crippen LogP) is 3.78. The van der Waals surface area contributed by atoms with Crippen LogP contribution in [-0.2, 0) is 11.3 Å². The molecule has 0 spiro atoms. The largest absolute Gasteiger partial charge is 0.386 e. The van der Waals surface area contributed by atoms with Gasteiger partial charge in [-0.3, -0.25) is 4.79 Å². The summed E-state index contributed by atoms with van der Waals surface area (Å²) < 4.78 is 0. The maximum Gasteiger partial charge on any atom is 0.267 e. The Balaban J connectivity index is 1.98. The molecular weight excluding hydrogens is 310 g/mol. The van der Waals surface area contributed by atoms with Gasteiger partial charge in [0, 0.05) is 12.7 Å². The zero-order valence-electron chi connectivity index (χ0n) is 12.6. The summed E-state index contributed by atoms with van der Waals surface area (Å²) in [7, 11) is 0. The van der Waals surface area contributed by atoms with Crippen LogP contribution in [0.1, 0.15) is 11.1 Å². The predicted molar refractivity (Wildman–Crippen MR) is 91.8 cm³/mol. The lowest BCUT2D eigenvalue weighted by atomic mass is 10.1. The summed E-state index contributed by atoms with van der Waals surface area (Å²) >= 11 is 5.98. The Morgan fingerprint density at radius 3 is 2.57 bits per heavy atom. The number of anilines is 1. The number of rotatable bonds is 5. The number of halogens is 1. The molecule has 0 saturated heterocycles. The van der Waals surface area contributed by atoms with Crippen LogP contribution in [0.5, 0.6) is 0 Å². The molecule has 0 atom stereocenters. The molecule has 5 heteroatoms. The Hall–Kier alpha value is -2.77. The quantitative estimate of drug-likeness (QED) is 0.649. The van der Waals surface area contributed by atoms with Crippen LogP contribution in [0.25, 0.3) is 0 Å². The average molecular weight is 326 g/mol. The van der Waals surface area contributed by atoms with Gasteiger partial charge in [-0.05, 0) is 24.6 Å². The molecule has 0 radical (unpaired) electrons. The van der Waals surface area contributed by atoms with Crippen LogP contribution in [0.3, 0.4) is 0 Å². The van der Waals surface area contributed by atoms with Gasteiger partial charge in [0.25, 0.3) is 5.91 Å². The Labute approximate surface area is 140 Å². The second kappa shape index (κ2) is 8.02. The van der Waals surface area contributed by atoms with E-state index in [1.54, 1.807) is 24.3 Å². The third-order valence-electron chi connectivity index (χ3n) is 3.16. The van der Waals surface area contributed by atoms with E-state index < -0.39 is 5.91 Å². The van der Waals surface area contributed by atoms with Crippen molar-refractivity contribution in [2.45, 2.75) is 13.5 Å². The lowest BCUT2D eigenvalue weighted by Gasteiger charge is -2.07. The smallest absolute Gasteiger partial charge is 0.267 e. The van der Waals surface area contributed by atoms with E-state index >= 15 is 0 Å². The maximum atomic E-state index is 12.1. The number of nitrogens with one attached hydrogen (secondary N) is 2. The number of carbonyl (C=O) groups excluding carboxylic acids is 1. The van der Waals surface area contributed by atoms with Crippen molar-refractivity contribution in [3.05, 3.63) is 76.5 Å². The molecule has 0 aliphatic rings. The molecule has 0 aliphatic heterocycles. The van der Waals surface area contributed by atoms with Gasteiger partial charge in [0.15, 0.2) is 0 Å². The molecule has 0 bridgehead atoms. The van der Waals surface area contributed by atoms with Crippen molar-refractivity contribution >= 4 is 23.2 Å². The van der Waals surface area contributed by atoms with E-state index in [2.05, 4.69) is 10.6 Å². The van der Waals surface area contributed by atoms with Crippen molar-refractivity contribution in [1.82, 2.24) is 5.32 Å². The van der Waals surface area contributed by atoms with Crippen LogP contribution >= 0.6 is 11.6 Å².